The van der Waals surface area contributed by atoms with Gasteiger partial charge in [-0.2, -0.15) is 0 Å². The summed E-state index contributed by atoms with van der Waals surface area (Å²) in [4.78, 5) is 25.5. The molecular formula is C21H25NO5S2. The van der Waals surface area contributed by atoms with Crippen molar-refractivity contribution in [3.05, 3.63) is 28.7 Å². The number of fused-ring (bicyclic) bond motifs is 1. The van der Waals surface area contributed by atoms with Crippen LogP contribution in [0.3, 0.4) is 0 Å². The van der Waals surface area contributed by atoms with Gasteiger partial charge in [-0.3, -0.25) is 14.5 Å². The number of amides is 1. The number of hydrogen-bond acceptors (Lipinski definition) is 6. The lowest BCUT2D eigenvalue weighted by Gasteiger charge is -2.14. The molecule has 156 valence electrons. The molecule has 0 saturated carbocycles. The predicted octanol–water partition coefficient (Wildman–Crippen LogP) is 4.82. The average molecular weight is 436 g/mol. The minimum atomic E-state index is -0.721. The molecule has 1 aromatic rings. The second-order valence-corrected chi connectivity index (χ2v) is 8.74. The van der Waals surface area contributed by atoms with Crippen LogP contribution < -0.4 is 9.47 Å². The Kier molecular flexibility index (Phi) is 7.94. The highest BCUT2D eigenvalue weighted by molar-refractivity contribution is 8.26. The van der Waals surface area contributed by atoms with E-state index in [1.54, 1.807) is 4.90 Å². The van der Waals surface area contributed by atoms with Crippen molar-refractivity contribution in [2.45, 2.75) is 51.4 Å². The molecule has 0 unspecified atom stereocenters. The summed E-state index contributed by atoms with van der Waals surface area (Å²) in [5.74, 6) is 0.654. The third-order valence-corrected chi connectivity index (χ3v) is 6.22. The van der Waals surface area contributed by atoms with Crippen molar-refractivity contribution in [3.63, 3.8) is 0 Å². The highest BCUT2D eigenvalue weighted by atomic mass is 32.2. The van der Waals surface area contributed by atoms with Crippen molar-refractivity contribution in [3.8, 4) is 11.5 Å². The summed E-state index contributed by atoms with van der Waals surface area (Å²) in [6.07, 6.45) is 9.03. The van der Waals surface area contributed by atoms with E-state index in [-0.39, 0.29) is 19.1 Å². The summed E-state index contributed by atoms with van der Waals surface area (Å²) in [5.41, 5.74) is 0.887. The van der Waals surface area contributed by atoms with Gasteiger partial charge in [0.25, 0.3) is 5.91 Å². The van der Waals surface area contributed by atoms with Gasteiger partial charge in [0, 0.05) is 13.0 Å². The molecule has 0 bridgehead atoms. The van der Waals surface area contributed by atoms with Gasteiger partial charge >= 0.3 is 5.97 Å². The van der Waals surface area contributed by atoms with Gasteiger partial charge in [0.2, 0.25) is 6.79 Å². The highest BCUT2D eigenvalue weighted by Crippen LogP contribution is 2.36. The fourth-order valence-electron chi connectivity index (χ4n) is 3.28. The van der Waals surface area contributed by atoms with Gasteiger partial charge in [-0.05, 0) is 36.6 Å². The average Bonchev–Trinajstić information content (AvgIpc) is 3.25. The van der Waals surface area contributed by atoms with E-state index >= 15 is 0 Å². The molecule has 0 spiro atoms. The van der Waals surface area contributed by atoms with Crippen LogP contribution in [-0.4, -0.2) is 39.5 Å². The number of nitrogens with zero attached hydrogens (tertiary/aromatic N) is 1. The molecule has 1 amide bonds. The molecule has 2 heterocycles. The lowest BCUT2D eigenvalue weighted by atomic mass is 10.1. The van der Waals surface area contributed by atoms with Crippen molar-refractivity contribution >= 4 is 46.3 Å². The number of carboxylic acid groups (broad SMARTS) is 1. The Morgan fingerprint density at radius 3 is 2.55 bits per heavy atom. The Bertz CT molecular complexity index is 808. The monoisotopic (exact) mass is 435 g/mol. The first-order valence-electron chi connectivity index (χ1n) is 9.91. The number of thioether (sulfide) groups is 1. The Morgan fingerprint density at radius 1 is 1.10 bits per heavy atom. The number of hydrogen-bond donors (Lipinski definition) is 1. The van der Waals surface area contributed by atoms with Crippen LogP contribution in [0, 0.1) is 0 Å². The Labute approximate surface area is 180 Å². The van der Waals surface area contributed by atoms with Gasteiger partial charge in [0.05, 0.1) is 4.91 Å². The first kappa shape index (κ1) is 21.6. The molecule has 0 aromatic heterocycles. The van der Waals surface area contributed by atoms with Crippen LogP contribution in [0.5, 0.6) is 11.5 Å². The smallest absolute Gasteiger partial charge is 0.303 e. The molecule has 0 aliphatic carbocycles. The van der Waals surface area contributed by atoms with E-state index in [0.29, 0.717) is 21.5 Å². The van der Waals surface area contributed by atoms with Gasteiger partial charge in [0.15, 0.2) is 11.5 Å². The Hall–Kier alpha value is -2.06. The van der Waals surface area contributed by atoms with Gasteiger partial charge in [0.1, 0.15) is 4.32 Å². The van der Waals surface area contributed by atoms with Crippen molar-refractivity contribution in [2.24, 2.45) is 0 Å². The third kappa shape index (κ3) is 6.21. The van der Waals surface area contributed by atoms with Crippen LogP contribution in [0.15, 0.2) is 23.1 Å². The SMILES string of the molecule is O=C(O)CCCCCCCCCN1C(=O)/C(=C/c2ccc3c(c2)OCO3)SC1=S. The molecule has 0 atom stereocenters. The van der Waals surface area contributed by atoms with E-state index in [4.69, 9.17) is 26.8 Å². The topological polar surface area (TPSA) is 76.1 Å². The van der Waals surface area contributed by atoms with Gasteiger partial charge in [-0.1, -0.05) is 62.2 Å². The zero-order valence-electron chi connectivity index (χ0n) is 16.2. The number of carbonyl (C=O) groups is 2. The fraction of sp³-hybridized carbons (Fsp3) is 0.476. The zero-order valence-corrected chi connectivity index (χ0v) is 17.9. The van der Waals surface area contributed by atoms with Crippen LogP contribution in [-0.2, 0) is 9.59 Å². The first-order valence-corrected chi connectivity index (χ1v) is 11.1. The minimum absolute atomic E-state index is 0.0358. The number of aliphatic carboxylic acids is 1. The molecule has 0 radical (unpaired) electrons. The van der Waals surface area contributed by atoms with Gasteiger partial charge in [-0.25, -0.2) is 0 Å². The maximum Gasteiger partial charge on any atom is 0.303 e. The fourth-order valence-corrected chi connectivity index (χ4v) is 4.59. The number of ether oxygens (including phenoxy) is 2. The summed E-state index contributed by atoms with van der Waals surface area (Å²) in [7, 11) is 0. The quantitative estimate of drug-likeness (QED) is 0.303. The number of carbonyl (C=O) groups excluding carboxylic acids is 1. The summed E-state index contributed by atoms with van der Waals surface area (Å²) in [6.45, 7) is 0.866. The van der Waals surface area contributed by atoms with Crippen molar-refractivity contribution in [1.29, 1.82) is 0 Å². The van der Waals surface area contributed by atoms with Gasteiger partial charge < -0.3 is 14.6 Å². The summed E-state index contributed by atoms with van der Waals surface area (Å²) < 4.78 is 11.3. The summed E-state index contributed by atoms with van der Waals surface area (Å²) in [5, 5.41) is 8.61. The summed E-state index contributed by atoms with van der Waals surface area (Å²) in [6, 6.07) is 5.61. The lowest BCUT2D eigenvalue weighted by molar-refractivity contribution is -0.137. The highest BCUT2D eigenvalue weighted by Gasteiger charge is 2.31. The first-order chi connectivity index (χ1) is 14.0. The molecule has 1 aromatic carbocycles. The molecular weight excluding hydrogens is 410 g/mol. The molecule has 2 aliphatic rings. The van der Waals surface area contributed by atoms with E-state index in [9.17, 15) is 9.59 Å². The third-order valence-electron chi connectivity index (χ3n) is 4.84. The van der Waals surface area contributed by atoms with Crippen LogP contribution in [0.25, 0.3) is 6.08 Å². The largest absolute Gasteiger partial charge is 0.481 e. The zero-order chi connectivity index (χ0) is 20.6. The normalized spacial score (nSPS) is 16.8. The van der Waals surface area contributed by atoms with E-state index in [1.165, 1.54) is 11.8 Å². The second kappa shape index (κ2) is 10.6. The van der Waals surface area contributed by atoms with E-state index in [0.717, 1.165) is 56.3 Å². The molecule has 8 heteroatoms. The minimum Gasteiger partial charge on any atom is -0.481 e. The van der Waals surface area contributed by atoms with E-state index in [1.807, 2.05) is 24.3 Å². The van der Waals surface area contributed by atoms with Crippen molar-refractivity contribution in [1.82, 2.24) is 4.90 Å². The number of thiocarbonyl (C=S) groups is 1. The van der Waals surface area contributed by atoms with Crippen LogP contribution >= 0.6 is 24.0 Å². The number of benzene rings is 1. The van der Waals surface area contributed by atoms with Crippen molar-refractivity contribution in [2.75, 3.05) is 13.3 Å². The molecule has 1 N–H and O–H groups in total. The molecule has 3 rings (SSSR count). The Morgan fingerprint density at radius 2 is 1.79 bits per heavy atom. The molecule has 29 heavy (non-hydrogen) atoms. The molecule has 6 nitrogen and oxygen atoms in total. The second-order valence-electron chi connectivity index (χ2n) is 7.06. The molecule has 2 aliphatic heterocycles. The standard InChI is InChI=1S/C21H25NO5S2/c23-19(24)8-6-4-2-1-3-5-7-11-22-20(25)18(29-21(22)28)13-15-9-10-16-17(12-15)27-14-26-16/h9-10,12-13H,1-8,11,14H2,(H,23,24)/b18-13-. The van der Waals surface area contributed by atoms with Gasteiger partial charge in [-0.15, -0.1) is 0 Å². The van der Waals surface area contributed by atoms with Crippen molar-refractivity contribution < 1.29 is 24.2 Å². The van der Waals surface area contributed by atoms with Crippen LogP contribution in [0.2, 0.25) is 0 Å². The number of carboxylic acids is 1. The maximum absolute atomic E-state index is 12.7. The summed E-state index contributed by atoms with van der Waals surface area (Å²) >= 11 is 6.73. The molecule has 1 fully saturated rings. The number of unbranched alkanes of at least 4 members (excludes halogenated alkanes) is 6. The number of rotatable bonds is 11. The molecule has 1 saturated heterocycles. The van der Waals surface area contributed by atoms with E-state index < -0.39 is 5.97 Å². The van der Waals surface area contributed by atoms with Crippen LogP contribution in [0.4, 0.5) is 0 Å². The predicted molar refractivity (Wildman–Crippen MR) is 117 cm³/mol. The maximum atomic E-state index is 12.7. The Balaban J connectivity index is 1.40. The lowest BCUT2D eigenvalue weighted by Crippen LogP contribution is -2.29. The van der Waals surface area contributed by atoms with Crippen LogP contribution in [0.1, 0.15) is 56.9 Å². The van der Waals surface area contributed by atoms with E-state index in [2.05, 4.69) is 0 Å².